The standard InChI is InChI=1S/C13H13ClN2O3/c1-2-7-15-11(17)12(18)16(13(15)19)8-9-3-5-10(14)6-4-9/h3-6H,2,7-8H2,1H3. The van der Waals surface area contributed by atoms with Crippen molar-refractivity contribution in [2.75, 3.05) is 6.54 Å². The molecule has 2 rings (SSSR count). The lowest BCUT2D eigenvalue weighted by atomic mass is 10.2. The number of urea groups is 1. The maximum Gasteiger partial charge on any atom is 0.334 e. The molecular weight excluding hydrogens is 268 g/mol. The molecule has 0 bridgehead atoms. The number of carbonyl (C=O) groups is 3. The molecule has 0 spiro atoms. The van der Waals surface area contributed by atoms with E-state index < -0.39 is 17.8 Å². The highest BCUT2D eigenvalue weighted by Gasteiger charge is 2.43. The van der Waals surface area contributed by atoms with E-state index in [9.17, 15) is 14.4 Å². The van der Waals surface area contributed by atoms with Gasteiger partial charge in [-0.25, -0.2) is 4.79 Å². The molecule has 6 heteroatoms. The van der Waals surface area contributed by atoms with E-state index in [1.54, 1.807) is 24.3 Å². The average Bonchev–Trinajstić information content (AvgIpc) is 2.59. The van der Waals surface area contributed by atoms with Crippen molar-refractivity contribution in [3.05, 3.63) is 34.9 Å². The molecule has 0 unspecified atom stereocenters. The summed E-state index contributed by atoms with van der Waals surface area (Å²) in [5, 5.41) is 0.575. The molecule has 0 saturated carbocycles. The Balaban J connectivity index is 2.16. The molecule has 0 radical (unpaired) electrons. The summed E-state index contributed by atoms with van der Waals surface area (Å²) in [4.78, 5) is 37.3. The molecule has 1 aliphatic rings. The van der Waals surface area contributed by atoms with Gasteiger partial charge < -0.3 is 0 Å². The Bertz CT molecular complexity index is 527. The van der Waals surface area contributed by atoms with Crippen LogP contribution in [0, 0.1) is 0 Å². The first-order valence-corrected chi connectivity index (χ1v) is 6.34. The average molecular weight is 281 g/mol. The van der Waals surface area contributed by atoms with E-state index in [1.165, 1.54) is 0 Å². The summed E-state index contributed by atoms with van der Waals surface area (Å²) in [7, 11) is 0. The van der Waals surface area contributed by atoms with Gasteiger partial charge in [0.15, 0.2) is 0 Å². The number of imide groups is 2. The molecule has 1 fully saturated rings. The van der Waals surface area contributed by atoms with Gasteiger partial charge in [-0.1, -0.05) is 30.7 Å². The van der Waals surface area contributed by atoms with E-state index in [1.807, 2.05) is 6.92 Å². The van der Waals surface area contributed by atoms with Crippen LogP contribution < -0.4 is 0 Å². The fraction of sp³-hybridized carbons (Fsp3) is 0.308. The number of rotatable bonds is 4. The molecular formula is C13H13ClN2O3. The number of halogens is 1. The van der Waals surface area contributed by atoms with Crippen molar-refractivity contribution in [1.29, 1.82) is 0 Å². The zero-order valence-corrected chi connectivity index (χ0v) is 11.2. The predicted octanol–water partition coefficient (Wildman–Crippen LogP) is 2.04. The third-order valence-electron chi connectivity index (χ3n) is 2.84. The van der Waals surface area contributed by atoms with Gasteiger partial charge >= 0.3 is 17.8 Å². The zero-order chi connectivity index (χ0) is 14.0. The SMILES string of the molecule is CCCN1C(=O)C(=O)N(Cc2ccc(Cl)cc2)C1=O. The molecule has 1 aromatic carbocycles. The highest BCUT2D eigenvalue weighted by atomic mass is 35.5. The number of hydrogen-bond acceptors (Lipinski definition) is 3. The number of benzene rings is 1. The fourth-order valence-electron chi connectivity index (χ4n) is 1.88. The van der Waals surface area contributed by atoms with Gasteiger partial charge in [0.25, 0.3) is 0 Å². The van der Waals surface area contributed by atoms with Crippen LogP contribution in [0.1, 0.15) is 18.9 Å². The molecule has 1 saturated heterocycles. The highest BCUT2D eigenvalue weighted by molar-refractivity contribution is 6.44. The van der Waals surface area contributed by atoms with Crippen LogP contribution in [0.5, 0.6) is 0 Å². The first-order valence-electron chi connectivity index (χ1n) is 5.96. The Morgan fingerprint density at radius 2 is 1.58 bits per heavy atom. The second-order valence-corrected chi connectivity index (χ2v) is 4.69. The summed E-state index contributed by atoms with van der Waals surface area (Å²) < 4.78 is 0. The second kappa shape index (κ2) is 5.40. The normalized spacial score (nSPS) is 15.6. The first kappa shape index (κ1) is 13.5. The number of amides is 4. The number of nitrogens with zero attached hydrogens (tertiary/aromatic N) is 2. The molecule has 100 valence electrons. The van der Waals surface area contributed by atoms with Gasteiger partial charge in [0.05, 0.1) is 6.54 Å². The van der Waals surface area contributed by atoms with E-state index in [4.69, 9.17) is 11.6 Å². The molecule has 1 heterocycles. The van der Waals surface area contributed by atoms with Crippen LogP contribution in [0.25, 0.3) is 0 Å². The lowest BCUT2D eigenvalue weighted by Crippen LogP contribution is -2.33. The van der Waals surface area contributed by atoms with Crippen LogP contribution in [0.3, 0.4) is 0 Å². The van der Waals surface area contributed by atoms with Gasteiger partial charge in [-0.2, -0.15) is 0 Å². The lowest BCUT2D eigenvalue weighted by Gasteiger charge is -2.14. The van der Waals surface area contributed by atoms with Gasteiger partial charge in [0.1, 0.15) is 0 Å². The minimum atomic E-state index is -0.770. The minimum absolute atomic E-state index is 0.0841. The van der Waals surface area contributed by atoms with Crippen molar-refractivity contribution in [1.82, 2.24) is 9.80 Å². The summed E-state index contributed by atoms with van der Waals surface area (Å²) in [5.74, 6) is -1.52. The van der Waals surface area contributed by atoms with E-state index in [0.29, 0.717) is 11.4 Å². The van der Waals surface area contributed by atoms with Crippen molar-refractivity contribution in [2.24, 2.45) is 0 Å². The van der Waals surface area contributed by atoms with Crippen molar-refractivity contribution in [2.45, 2.75) is 19.9 Å². The monoisotopic (exact) mass is 280 g/mol. The zero-order valence-electron chi connectivity index (χ0n) is 10.4. The maximum atomic E-state index is 12.0. The van der Waals surface area contributed by atoms with Crippen LogP contribution in [-0.2, 0) is 16.1 Å². The first-order chi connectivity index (χ1) is 9.04. The minimum Gasteiger partial charge on any atom is -0.263 e. The van der Waals surface area contributed by atoms with Crippen LogP contribution in [0.15, 0.2) is 24.3 Å². The summed E-state index contributed by atoms with van der Waals surface area (Å²) >= 11 is 5.76. The van der Waals surface area contributed by atoms with E-state index >= 15 is 0 Å². The topological polar surface area (TPSA) is 57.7 Å². The van der Waals surface area contributed by atoms with Crippen molar-refractivity contribution >= 4 is 29.4 Å². The molecule has 0 aromatic heterocycles. The second-order valence-electron chi connectivity index (χ2n) is 4.26. The van der Waals surface area contributed by atoms with Gasteiger partial charge in [-0.05, 0) is 24.1 Å². The van der Waals surface area contributed by atoms with Gasteiger partial charge in [-0.3, -0.25) is 19.4 Å². The van der Waals surface area contributed by atoms with Crippen LogP contribution in [-0.4, -0.2) is 34.2 Å². The smallest absolute Gasteiger partial charge is 0.263 e. The molecule has 5 nitrogen and oxygen atoms in total. The predicted molar refractivity (Wildman–Crippen MR) is 69.4 cm³/mol. The molecule has 0 aliphatic carbocycles. The van der Waals surface area contributed by atoms with Crippen molar-refractivity contribution in [3.8, 4) is 0 Å². The van der Waals surface area contributed by atoms with Gasteiger partial charge in [0.2, 0.25) is 0 Å². The summed E-state index contributed by atoms with van der Waals surface area (Å²) in [6.45, 7) is 2.19. The van der Waals surface area contributed by atoms with Crippen LogP contribution in [0.2, 0.25) is 5.02 Å². The quantitative estimate of drug-likeness (QED) is 0.626. The number of carbonyl (C=O) groups excluding carboxylic acids is 3. The Hall–Kier alpha value is -1.88. The summed E-state index contributed by atoms with van der Waals surface area (Å²) in [6.07, 6.45) is 0.625. The Morgan fingerprint density at radius 1 is 1.00 bits per heavy atom. The third kappa shape index (κ3) is 2.61. The molecule has 0 atom stereocenters. The fourth-order valence-corrected chi connectivity index (χ4v) is 2.01. The summed E-state index contributed by atoms with van der Waals surface area (Å²) in [6, 6.07) is 6.24. The maximum absolute atomic E-state index is 12.0. The third-order valence-corrected chi connectivity index (χ3v) is 3.09. The lowest BCUT2D eigenvalue weighted by molar-refractivity contribution is -0.143. The molecule has 1 aromatic rings. The van der Waals surface area contributed by atoms with Crippen LogP contribution >= 0.6 is 11.6 Å². The Morgan fingerprint density at radius 3 is 2.16 bits per heavy atom. The van der Waals surface area contributed by atoms with Gasteiger partial charge in [-0.15, -0.1) is 0 Å². The molecule has 19 heavy (non-hydrogen) atoms. The van der Waals surface area contributed by atoms with Crippen molar-refractivity contribution in [3.63, 3.8) is 0 Å². The molecule has 4 amide bonds. The largest absolute Gasteiger partial charge is 0.334 e. The summed E-state index contributed by atoms with van der Waals surface area (Å²) in [5.41, 5.74) is 0.747. The van der Waals surface area contributed by atoms with E-state index in [0.717, 1.165) is 15.4 Å². The van der Waals surface area contributed by atoms with E-state index in [-0.39, 0.29) is 13.1 Å². The Labute approximate surface area is 115 Å². The van der Waals surface area contributed by atoms with E-state index in [2.05, 4.69) is 0 Å². The Kier molecular flexibility index (Phi) is 3.85. The molecule has 1 aliphatic heterocycles. The van der Waals surface area contributed by atoms with Gasteiger partial charge in [0, 0.05) is 11.6 Å². The highest BCUT2D eigenvalue weighted by Crippen LogP contribution is 2.17. The van der Waals surface area contributed by atoms with Crippen molar-refractivity contribution < 1.29 is 14.4 Å². The molecule has 0 N–H and O–H groups in total. The number of hydrogen-bond donors (Lipinski definition) is 0. The van der Waals surface area contributed by atoms with Crippen LogP contribution in [0.4, 0.5) is 4.79 Å².